The molecule has 0 unspecified atom stereocenters. The first-order valence-electron chi connectivity index (χ1n) is 17.1. The minimum Gasteiger partial charge on any atom is -0.388 e. The summed E-state index contributed by atoms with van der Waals surface area (Å²) in [6, 6.07) is 0. The molecule has 6 fully saturated rings. The number of aliphatic hydroxyl groups excluding tert-OH is 4. The lowest BCUT2D eigenvalue weighted by Crippen LogP contribution is -2.59. The van der Waals surface area contributed by atoms with Crippen molar-refractivity contribution in [3.63, 3.8) is 0 Å². The first-order chi connectivity index (χ1) is 20.7. The Hall–Kier alpha value is -0.950. The highest BCUT2D eigenvalue weighted by atomic mass is 16.7. The van der Waals surface area contributed by atoms with Crippen LogP contribution < -0.4 is 0 Å². The van der Waals surface area contributed by atoms with E-state index >= 15 is 0 Å². The molecule has 15 atom stereocenters. The van der Waals surface area contributed by atoms with Crippen LogP contribution >= 0.6 is 0 Å². The van der Waals surface area contributed by atoms with E-state index in [2.05, 4.69) is 26.8 Å². The predicted octanol–water partition coefficient (Wildman–Crippen LogP) is 2.20. The van der Waals surface area contributed by atoms with Crippen LogP contribution in [-0.2, 0) is 19.0 Å². The van der Waals surface area contributed by atoms with Gasteiger partial charge in [-0.05, 0) is 99.2 Å². The van der Waals surface area contributed by atoms with Gasteiger partial charge in [-0.2, -0.15) is 0 Å². The number of hydrogen-bond donors (Lipinski definition) is 6. The van der Waals surface area contributed by atoms with Crippen molar-refractivity contribution in [1.29, 1.82) is 0 Å². The van der Waals surface area contributed by atoms with Gasteiger partial charge in [0.25, 0.3) is 0 Å². The third-order valence-corrected chi connectivity index (χ3v) is 14.7. The van der Waals surface area contributed by atoms with Crippen LogP contribution in [0.2, 0.25) is 0 Å². The molecule has 7 aliphatic rings. The lowest BCUT2D eigenvalue weighted by atomic mass is 9.45. The van der Waals surface area contributed by atoms with Crippen molar-refractivity contribution < 1.29 is 49.6 Å². The molecule has 254 valence electrons. The van der Waals surface area contributed by atoms with Crippen LogP contribution in [0.15, 0.2) is 11.6 Å². The average Bonchev–Trinajstić information content (AvgIpc) is 3.59. The molecule has 10 nitrogen and oxygen atoms in total. The Balaban J connectivity index is 1.20. The number of aliphatic hydroxyl groups is 6. The molecule has 2 heterocycles. The molecule has 0 aromatic rings. The summed E-state index contributed by atoms with van der Waals surface area (Å²) in [7, 11) is 0. The summed E-state index contributed by atoms with van der Waals surface area (Å²) in [6.07, 6.45) is 0.669. The van der Waals surface area contributed by atoms with E-state index in [1.54, 1.807) is 0 Å². The average molecular weight is 635 g/mol. The second-order valence-electron chi connectivity index (χ2n) is 17.6. The van der Waals surface area contributed by atoms with Gasteiger partial charge in [-0.15, -0.1) is 0 Å². The first-order valence-corrected chi connectivity index (χ1v) is 17.1. The maximum absolute atomic E-state index is 14.8. The predicted molar refractivity (Wildman–Crippen MR) is 161 cm³/mol. The summed E-state index contributed by atoms with van der Waals surface area (Å²) in [5, 5.41) is 64.5. The van der Waals surface area contributed by atoms with Gasteiger partial charge in [0, 0.05) is 5.92 Å². The van der Waals surface area contributed by atoms with Gasteiger partial charge in [-0.25, -0.2) is 0 Å². The molecule has 0 radical (unpaired) electrons. The number of rotatable bonds is 4. The van der Waals surface area contributed by atoms with Crippen molar-refractivity contribution in [2.75, 3.05) is 6.61 Å². The zero-order chi connectivity index (χ0) is 32.9. The van der Waals surface area contributed by atoms with Crippen molar-refractivity contribution >= 4 is 5.78 Å². The summed E-state index contributed by atoms with van der Waals surface area (Å²) in [6.45, 7) is 13.6. The van der Waals surface area contributed by atoms with E-state index in [-0.39, 0.29) is 46.6 Å². The molecule has 45 heavy (non-hydrogen) atoms. The number of ketones is 1. The van der Waals surface area contributed by atoms with Crippen molar-refractivity contribution in [3.8, 4) is 0 Å². The molecular weight excluding hydrogens is 580 g/mol. The highest BCUT2D eigenvalue weighted by Crippen LogP contribution is 2.88. The minimum atomic E-state index is -2.05. The quantitative estimate of drug-likeness (QED) is 0.253. The molecule has 0 bridgehead atoms. The van der Waals surface area contributed by atoms with Crippen molar-refractivity contribution in [3.05, 3.63) is 11.6 Å². The zero-order valence-corrected chi connectivity index (χ0v) is 27.8. The van der Waals surface area contributed by atoms with Crippen LogP contribution in [0.3, 0.4) is 0 Å². The van der Waals surface area contributed by atoms with E-state index in [1.807, 2.05) is 13.8 Å². The van der Waals surface area contributed by atoms with Crippen LogP contribution in [0, 0.1) is 44.8 Å². The fraction of sp³-hybridized carbons (Fsp3) is 0.914. The summed E-state index contributed by atoms with van der Waals surface area (Å²) < 4.78 is 18.3. The second kappa shape index (κ2) is 9.60. The molecule has 2 aliphatic heterocycles. The second-order valence-corrected chi connectivity index (χ2v) is 17.6. The lowest BCUT2D eigenvalue weighted by molar-refractivity contribution is -0.302. The van der Waals surface area contributed by atoms with E-state index in [1.165, 1.54) is 13.8 Å². The van der Waals surface area contributed by atoms with Crippen LogP contribution in [0.4, 0.5) is 0 Å². The van der Waals surface area contributed by atoms with Gasteiger partial charge < -0.3 is 44.8 Å². The highest BCUT2D eigenvalue weighted by molar-refractivity contribution is 5.98. The molecule has 5 aliphatic carbocycles. The van der Waals surface area contributed by atoms with Crippen LogP contribution in [0.5, 0.6) is 0 Å². The van der Waals surface area contributed by atoms with E-state index < -0.39 is 64.9 Å². The summed E-state index contributed by atoms with van der Waals surface area (Å²) in [5.74, 6) is -2.64. The summed E-state index contributed by atoms with van der Waals surface area (Å²) in [5.41, 5.74) is -2.21. The third kappa shape index (κ3) is 3.86. The van der Waals surface area contributed by atoms with Gasteiger partial charge in [0.2, 0.25) is 11.6 Å². The number of fused-ring (bicyclic) bond motifs is 4. The Morgan fingerprint density at radius 3 is 2.42 bits per heavy atom. The van der Waals surface area contributed by atoms with Gasteiger partial charge >= 0.3 is 0 Å². The number of allylic oxidation sites excluding steroid dienone is 2. The Morgan fingerprint density at radius 2 is 1.76 bits per heavy atom. The molecule has 6 N–H and O–H groups in total. The molecule has 0 aromatic heterocycles. The van der Waals surface area contributed by atoms with E-state index in [0.29, 0.717) is 6.42 Å². The monoisotopic (exact) mass is 634 g/mol. The molecule has 10 heteroatoms. The molecular formula is C35H54O10. The number of Topliss-reactive ketones (excluding diaryl/α,β-unsaturated/α-hetero) is 1. The Labute approximate surface area is 266 Å². The Bertz CT molecular complexity index is 1290. The number of ether oxygens (including phenoxy) is 3. The van der Waals surface area contributed by atoms with E-state index in [0.717, 1.165) is 44.1 Å². The first kappa shape index (κ1) is 32.6. The van der Waals surface area contributed by atoms with Crippen molar-refractivity contribution in [2.24, 2.45) is 44.8 Å². The fourth-order valence-electron chi connectivity index (χ4n) is 12.3. The third-order valence-electron chi connectivity index (χ3n) is 14.7. The zero-order valence-electron chi connectivity index (χ0n) is 27.8. The maximum atomic E-state index is 14.8. The van der Waals surface area contributed by atoms with Crippen molar-refractivity contribution in [2.45, 2.75) is 148 Å². The van der Waals surface area contributed by atoms with E-state index in [9.17, 15) is 35.4 Å². The number of carbonyl (C=O) groups is 1. The van der Waals surface area contributed by atoms with E-state index in [4.69, 9.17) is 14.2 Å². The number of hydrogen-bond acceptors (Lipinski definition) is 10. The minimum absolute atomic E-state index is 0.00466. The van der Waals surface area contributed by atoms with Gasteiger partial charge in [0.15, 0.2) is 6.29 Å². The van der Waals surface area contributed by atoms with Crippen molar-refractivity contribution in [1.82, 2.24) is 0 Å². The molecule has 2 spiro atoms. The lowest BCUT2D eigenvalue weighted by Gasteiger charge is -2.59. The van der Waals surface area contributed by atoms with Gasteiger partial charge in [-0.3, -0.25) is 4.79 Å². The summed E-state index contributed by atoms with van der Waals surface area (Å²) >= 11 is 0. The van der Waals surface area contributed by atoms with Gasteiger partial charge in [-0.1, -0.05) is 39.3 Å². The topological polar surface area (TPSA) is 166 Å². The molecule has 0 aromatic carbocycles. The van der Waals surface area contributed by atoms with Crippen LogP contribution in [0.1, 0.15) is 93.4 Å². The number of carbonyl (C=O) groups excluding carboxylic acids is 1. The maximum Gasteiger partial charge on any atom is 0.231 e. The smallest absolute Gasteiger partial charge is 0.231 e. The standard InChI is InChI=1S/C35H54O10/c1-17-14-19(26(39)30(4,5)41)45-35(42)25(17)31(6)12-13-34-16-33(34)11-10-22(44-27-24(38)23(37)18(36)15-43-27)29(2,3)20(33)8-9-21(34)32(31,7)28(35)40/h9,17-20,22-27,36-39,41-42H,8,10-16H2,1-7H3/t17-,18-,19-,20+,22+,23+,24-,25-,26+,27+,31-,32-,33-,34+,35-/m1/s1. The normalized spacial score (nSPS) is 55.8. The van der Waals surface area contributed by atoms with Gasteiger partial charge in [0.05, 0.1) is 29.8 Å². The fourth-order valence-corrected chi connectivity index (χ4v) is 12.3. The SMILES string of the molecule is C[C@@H]1C[C@H]([C@H](O)C(C)(C)O)O[C@@]2(O)C(=O)[C@@]3(C)C4=CC[C@H]5C(C)(C)[C@@H](O[C@@H]6OC[C@@H](O)[C@H](O)[C@H]6O)CC[C@@]56C[C@@]46CC[C@]3(C)[C@@H]12. The van der Waals surface area contributed by atoms with Gasteiger partial charge in [0.1, 0.15) is 24.4 Å². The highest BCUT2D eigenvalue weighted by Gasteiger charge is 2.85. The Kier molecular flexibility index (Phi) is 6.95. The largest absolute Gasteiger partial charge is 0.388 e. The molecule has 0 amide bonds. The summed E-state index contributed by atoms with van der Waals surface area (Å²) in [4.78, 5) is 14.8. The van der Waals surface area contributed by atoms with Crippen LogP contribution in [-0.4, -0.2) is 97.3 Å². The molecule has 2 saturated heterocycles. The Morgan fingerprint density at radius 1 is 1.07 bits per heavy atom. The molecule has 7 rings (SSSR count). The van der Waals surface area contributed by atoms with Crippen LogP contribution in [0.25, 0.3) is 0 Å². The molecule has 4 saturated carbocycles.